The first-order chi connectivity index (χ1) is 18.9. The Labute approximate surface area is 230 Å². The number of aliphatic imine (C=N–C) groups is 1. The Morgan fingerprint density at radius 3 is 2.44 bits per heavy atom. The predicted molar refractivity (Wildman–Crippen MR) is 148 cm³/mol. The number of benzene rings is 2. The molecule has 0 spiro atoms. The number of carbonyl (C=O) groups is 2. The summed E-state index contributed by atoms with van der Waals surface area (Å²) in [7, 11) is 3.19. The smallest absolute Gasteiger partial charge is 0.315 e. The summed E-state index contributed by atoms with van der Waals surface area (Å²) in [6.07, 6.45) is 0.857. The standard InChI is InChI=1S/C31H37NO7/c1-6-37-14-15-39-31(34)28-19(3)32-23-16-21(20-12-13-26(35-4)27(18-20)36-5)17-24(33)30(23)29(28)22-10-8-9-11-25(22)38-7-2/h8-13,18,21,28-29H,6-7,14-17H2,1-5H3/t21-,28?,29-/m0/s1. The van der Waals surface area contributed by atoms with E-state index < -0.39 is 17.8 Å². The quantitative estimate of drug-likeness (QED) is 0.286. The Morgan fingerprint density at radius 1 is 0.949 bits per heavy atom. The van der Waals surface area contributed by atoms with Gasteiger partial charge in [0.1, 0.15) is 18.3 Å². The van der Waals surface area contributed by atoms with Crippen molar-refractivity contribution in [3.8, 4) is 17.2 Å². The van der Waals surface area contributed by atoms with Gasteiger partial charge < -0.3 is 23.7 Å². The van der Waals surface area contributed by atoms with E-state index in [1.165, 1.54) is 0 Å². The van der Waals surface area contributed by atoms with Crippen LogP contribution >= 0.6 is 0 Å². The van der Waals surface area contributed by atoms with E-state index >= 15 is 0 Å². The molecule has 8 nitrogen and oxygen atoms in total. The molecule has 208 valence electrons. The number of ether oxygens (including phenoxy) is 5. The van der Waals surface area contributed by atoms with Crippen molar-refractivity contribution in [2.45, 2.75) is 45.4 Å². The molecule has 0 bridgehead atoms. The van der Waals surface area contributed by atoms with Crippen molar-refractivity contribution in [2.75, 3.05) is 40.6 Å². The maximum atomic E-state index is 13.9. The monoisotopic (exact) mass is 535 g/mol. The fourth-order valence-corrected chi connectivity index (χ4v) is 5.50. The van der Waals surface area contributed by atoms with Gasteiger partial charge in [0.05, 0.1) is 27.4 Å². The number of ketones is 1. The Kier molecular flexibility index (Phi) is 9.41. The molecule has 8 heteroatoms. The zero-order chi connectivity index (χ0) is 27.9. The first kappa shape index (κ1) is 28.4. The first-order valence-electron chi connectivity index (χ1n) is 13.4. The molecule has 1 aliphatic carbocycles. The van der Waals surface area contributed by atoms with Crippen LogP contribution in [0, 0.1) is 5.92 Å². The molecular formula is C31H37NO7. The van der Waals surface area contributed by atoms with Crippen LogP contribution in [0.15, 0.2) is 58.7 Å². The Bertz CT molecular complexity index is 1270. The molecule has 39 heavy (non-hydrogen) atoms. The number of hydrogen-bond donors (Lipinski definition) is 0. The second-order valence-electron chi connectivity index (χ2n) is 9.55. The van der Waals surface area contributed by atoms with Gasteiger partial charge in [-0.1, -0.05) is 24.3 Å². The van der Waals surface area contributed by atoms with Crippen LogP contribution < -0.4 is 14.2 Å². The molecule has 3 atom stereocenters. The zero-order valence-corrected chi connectivity index (χ0v) is 23.3. The fraction of sp³-hybridized carbons (Fsp3) is 0.452. The highest BCUT2D eigenvalue weighted by atomic mass is 16.6. The van der Waals surface area contributed by atoms with Crippen LogP contribution in [0.2, 0.25) is 0 Å². The molecule has 2 aromatic carbocycles. The Hall–Kier alpha value is -3.65. The summed E-state index contributed by atoms with van der Waals surface area (Å²) in [6.45, 7) is 7.08. The van der Waals surface area contributed by atoms with Crippen LogP contribution in [0.1, 0.15) is 56.6 Å². The molecule has 4 rings (SSSR count). The van der Waals surface area contributed by atoms with Gasteiger partial charge >= 0.3 is 5.97 Å². The van der Waals surface area contributed by atoms with Crippen molar-refractivity contribution in [3.63, 3.8) is 0 Å². The topological polar surface area (TPSA) is 92.7 Å². The third kappa shape index (κ3) is 6.01. The third-order valence-corrected chi connectivity index (χ3v) is 7.25. The molecule has 0 aromatic heterocycles. The lowest BCUT2D eigenvalue weighted by atomic mass is 9.69. The van der Waals surface area contributed by atoms with E-state index in [2.05, 4.69) is 0 Å². The summed E-state index contributed by atoms with van der Waals surface area (Å²) in [5, 5.41) is 0. The fourth-order valence-electron chi connectivity index (χ4n) is 5.50. The molecule has 0 saturated carbocycles. The molecule has 1 unspecified atom stereocenters. The zero-order valence-electron chi connectivity index (χ0n) is 23.3. The minimum atomic E-state index is -0.742. The van der Waals surface area contributed by atoms with Crippen LogP contribution in [0.25, 0.3) is 0 Å². The van der Waals surface area contributed by atoms with E-state index in [1.54, 1.807) is 14.2 Å². The van der Waals surface area contributed by atoms with Gasteiger partial charge in [-0.2, -0.15) is 0 Å². The van der Waals surface area contributed by atoms with Crippen molar-refractivity contribution >= 4 is 17.5 Å². The minimum absolute atomic E-state index is 0.0318. The average molecular weight is 536 g/mol. The van der Waals surface area contributed by atoms with Gasteiger partial charge in [0.2, 0.25) is 0 Å². The van der Waals surface area contributed by atoms with Gasteiger partial charge in [0.25, 0.3) is 0 Å². The normalized spacial score (nSPS) is 20.7. The van der Waals surface area contributed by atoms with Crippen molar-refractivity contribution < 1.29 is 33.3 Å². The average Bonchev–Trinajstić information content (AvgIpc) is 2.94. The molecule has 2 aromatic rings. The predicted octanol–water partition coefficient (Wildman–Crippen LogP) is 5.26. The molecule has 1 heterocycles. The van der Waals surface area contributed by atoms with E-state index in [4.69, 9.17) is 28.7 Å². The van der Waals surface area contributed by atoms with E-state index in [0.29, 0.717) is 66.9 Å². The number of methoxy groups -OCH3 is 2. The van der Waals surface area contributed by atoms with Crippen LogP contribution in [0.5, 0.6) is 17.2 Å². The molecule has 1 aliphatic heterocycles. The van der Waals surface area contributed by atoms with Crippen molar-refractivity contribution in [2.24, 2.45) is 10.9 Å². The molecule has 0 radical (unpaired) electrons. The molecule has 0 N–H and O–H groups in total. The summed E-state index contributed by atoms with van der Waals surface area (Å²) in [6, 6.07) is 13.3. The third-order valence-electron chi connectivity index (χ3n) is 7.25. The number of carbonyl (C=O) groups excluding carboxylic acids is 2. The summed E-state index contributed by atoms with van der Waals surface area (Å²) in [5.74, 6) is 0.0622. The largest absolute Gasteiger partial charge is 0.494 e. The van der Waals surface area contributed by atoms with Gasteiger partial charge in [-0.05, 0) is 56.9 Å². The molecule has 0 saturated heterocycles. The number of Topliss-reactive ketones (excluding diaryl/α,β-unsaturated/α-hetero) is 1. The van der Waals surface area contributed by atoms with Crippen molar-refractivity contribution in [3.05, 3.63) is 64.9 Å². The highest BCUT2D eigenvalue weighted by Crippen LogP contribution is 2.49. The lowest BCUT2D eigenvalue weighted by molar-refractivity contribution is -0.148. The van der Waals surface area contributed by atoms with E-state index in [-0.39, 0.29) is 18.3 Å². The van der Waals surface area contributed by atoms with E-state index in [1.807, 2.05) is 63.2 Å². The highest BCUT2D eigenvalue weighted by molar-refractivity contribution is 6.09. The van der Waals surface area contributed by atoms with Gasteiger partial charge in [0, 0.05) is 41.5 Å². The number of para-hydroxylation sites is 1. The second-order valence-corrected chi connectivity index (χ2v) is 9.55. The number of hydrogen-bond acceptors (Lipinski definition) is 8. The summed E-state index contributed by atoms with van der Waals surface area (Å²) < 4.78 is 27.8. The van der Waals surface area contributed by atoms with Gasteiger partial charge in [-0.15, -0.1) is 0 Å². The van der Waals surface area contributed by atoms with Crippen LogP contribution in [0.3, 0.4) is 0 Å². The number of esters is 1. The van der Waals surface area contributed by atoms with Gasteiger partial charge in [-0.3, -0.25) is 14.6 Å². The maximum absolute atomic E-state index is 13.9. The molecule has 2 aliphatic rings. The highest BCUT2D eigenvalue weighted by Gasteiger charge is 2.45. The van der Waals surface area contributed by atoms with Crippen LogP contribution in [-0.2, 0) is 19.1 Å². The van der Waals surface area contributed by atoms with Crippen molar-refractivity contribution in [1.29, 1.82) is 0 Å². The lowest BCUT2D eigenvalue weighted by Gasteiger charge is -2.37. The van der Waals surface area contributed by atoms with Gasteiger partial charge in [-0.25, -0.2) is 0 Å². The van der Waals surface area contributed by atoms with Crippen molar-refractivity contribution in [1.82, 2.24) is 0 Å². The maximum Gasteiger partial charge on any atom is 0.315 e. The summed E-state index contributed by atoms with van der Waals surface area (Å²) in [5.41, 5.74) is 3.65. The van der Waals surface area contributed by atoms with E-state index in [9.17, 15) is 9.59 Å². The number of rotatable bonds is 11. The minimum Gasteiger partial charge on any atom is -0.494 e. The molecular weight excluding hydrogens is 498 g/mol. The second kappa shape index (κ2) is 12.9. The Morgan fingerprint density at radius 2 is 1.72 bits per heavy atom. The SMILES string of the molecule is CCOCCOC(=O)C1C(C)=NC2=C(C(=O)C[C@@H](c3ccc(OC)c(OC)c3)C2)[C@H]1c1ccccc1OCC. The van der Waals surface area contributed by atoms with Gasteiger partial charge in [0.15, 0.2) is 17.3 Å². The lowest BCUT2D eigenvalue weighted by Crippen LogP contribution is -2.38. The van der Waals surface area contributed by atoms with Crippen LogP contribution in [-0.4, -0.2) is 58.1 Å². The van der Waals surface area contributed by atoms with Crippen LogP contribution in [0.4, 0.5) is 0 Å². The summed E-state index contributed by atoms with van der Waals surface area (Å²) in [4.78, 5) is 32.2. The molecule has 0 fully saturated rings. The Balaban J connectivity index is 1.75. The molecule has 0 amide bonds. The van der Waals surface area contributed by atoms with E-state index in [0.717, 1.165) is 11.1 Å². The first-order valence-corrected chi connectivity index (χ1v) is 13.4. The summed E-state index contributed by atoms with van der Waals surface area (Å²) >= 11 is 0. The number of nitrogens with zero attached hydrogens (tertiary/aromatic N) is 1. The number of allylic oxidation sites excluding steroid dienone is 2.